The van der Waals surface area contributed by atoms with Gasteiger partial charge in [-0.2, -0.15) is 0 Å². The van der Waals surface area contributed by atoms with Crippen molar-refractivity contribution in [3.63, 3.8) is 0 Å². The lowest BCUT2D eigenvalue weighted by Crippen LogP contribution is -2.02. The third-order valence-corrected chi connectivity index (χ3v) is 3.15. The first-order valence-corrected chi connectivity index (χ1v) is 6.26. The molecular formula is C12H10Cl2N4. The molecule has 0 radical (unpaired) electrons. The van der Waals surface area contributed by atoms with Crippen LogP contribution in [0.15, 0.2) is 24.3 Å². The molecular weight excluding hydrogens is 271 g/mol. The third kappa shape index (κ3) is 2.27. The molecule has 0 amide bonds. The largest absolute Gasteiger partial charge is 0.340 e. The first-order valence-electron chi connectivity index (χ1n) is 5.51. The van der Waals surface area contributed by atoms with Crippen molar-refractivity contribution in [1.82, 2.24) is 15.3 Å². The summed E-state index contributed by atoms with van der Waals surface area (Å²) >= 11 is 11.9. The van der Waals surface area contributed by atoms with Crippen LogP contribution in [-0.4, -0.2) is 9.97 Å². The number of halogens is 2. The van der Waals surface area contributed by atoms with Gasteiger partial charge in [-0.05, 0) is 29.8 Å². The summed E-state index contributed by atoms with van der Waals surface area (Å²) in [5.74, 6) is 0.734. The number of aromatic nitrogens is 2. The molecule has 0 saturated heterocycles. The molecule has 2 N–H and O–H groups in total. The fraction of sp³-hybridized carbons (Fsp3) is 0.167. The summed E-state index contributed by atoms with van der Waals surface area (Å²) in [5.41, 5.74) is 2.88. The maximum atomic E-state index is 5.95. The molecule has 0 atom stereocenters. The zero-order chi connectivity index (χ0) is 12.5. The molecule has 18 heavy (non-hydrogen) atoms. The van der Waals surface area contributed by atoms with Crippen molar-refractivity contribution in [2.45, 2.75) is 13.1 Å². The van der Waals surface area contributed by atoms with Crippen LogP contribution in [0.1, 0.15) is 11.3 Å². The fourth-order valence-corrected chi connectivity index (χ4v) is 2.32. The number of nitrogens with one attached hydrogen (secondary N) is 2. The van der Waals surface area contributed by atoms with E-state index in [1.807, 2.05) is 24.3 Å². The van der Waals surface area contributed by atoms with Gasteiger partial charge in [0.2, 0.25) is 5.28 Å². The monoisotopic (exact) mass is 280 g/mol. The molecule has 1 aliphatic heterocycles. The van der Waals surface area contributed by atoms with Gasteiger partial charge < -0.3 is 10.6 Å². The van der Waals surface area contributed by atoms with E-state index >= 15 is 0 Å². The van der Waals surface area contributed by atoms with Crippen LogP contribution in [0.4, 0.5) is 11.5 Å². The molecule has 0 spiro atoms. The number of hydrogen-bond donors (Lipinski definition) is 2. The van der Waals surface area contributed by atoms with Gasteiger partial charge in [0, 0.05) is 29.4 Å². The molecule has 0 saturated carbocycles. The number of rotatable bonds is 2. The Hall–Kier alpha value is -1.36. The van der Waals surface area contributed by atoms with Gasteiger partial charge in [0.05, 0.1) is 5.69 Å². The number of hydrogen-bond acceptors (Lipinski definition) is 4. The van der Waals surface area contributed by atoms with E-state index in [0.29, 0.717) is 5.02 Å². The minimum atomic E-state index is 0.252. The molecule has 4 nitrogen and oxygen atoms in total. The van der Waals surface area contributed by atoms with Crippen LogP contribution in [0.25, 0.3) is 0 Å². The zero-order valence-corrected chi connectivity index (χ0v) is 10.9. The molecule has 1 aromatic carbocycles. The average molecular weight is 281 g/mol. The lowest BCUT2D eigenvalue weighted by atomic mass is 10.2. The Balaban J connectivity index is 1.98. The number of nitrogens with zero attached hydrogens (tertiary/aromatic N) is 2. The van der Waals surface area contributed by atoms with E-state index in [1.165, 1.54) is 0 Å². The zero-order valence-electron chi connectivity index (χ0n) is 9.37. The minimum Gasteiger partial charge on any atom is -0.340 e. The van der Waals surface area contributed by atoms with E-state index in [1.54, 1.807) is 0 Å². The smallest absolute Gasteiger partial charge is 0.224 e. The SMILES string of the molecule is Clc1cccc(Nc2nc(Cl)nc3c2CNC3)c1. The van der Waals surface area contributed by atoms with Gasteiger partial charge >= 0.3 is 0 Å². The van der Waals surface area contributed by atoms with Crippen LogP contribution in [0.3, 0.4) is 0 Å². The van der Waals surface area contributed by atoms with Gasteiger partial charge in [-0.25, -0.2) is 9.97 Å². The molecule has 6 heteroatoms. The van der Waals surface area contributed by atoms with Crippen LogP contribution in [0.2, 0.25) is 10.3 Å². The number of anilines is 2. The maximum Gasteiger partial charge on any atom is 0.224 e. The Morgan fingerprint density at radius 1 is 1.17 bits per heavy atom. The summed E-state index contributed by atoms with van der Waals surface area (Å²) in [5, 5.41) is 7.38. The lowest BCUT2D eigenvalue weighted by molar-refractivity contribution is 0.758. The number of fused-ring (bicyclic) bond motifs is 1. The van der Waals surface area contributed by atoms with E-state index in [4.69, 9.17) is 23.2 Å². The molecule has 0 bridgehead atoms. The summed E-state index contributed by atoms with van der Waals surface area (Å²) < 4.78 is 0. The second-order valence-corrected chi connectivity index (χ2v) is 4.78. The van der Waals surface area contributed by atoms with Crippen LogP contribution in [0.5, 0.6) is 0 Å². The van der Waals surface area contributed by atoms with Crippen molar-refractivity contribution < 1.29 is 0 Å². The second kappa shape index (κ2) is 4.72. The second-order valence-electron chi connectivity index (χ2n) is 4.01. The quantitative estimate of drug-likeness (QED) is 0.830. The highest BCUT2D eigenvalue weighted by Gasteiger charge is 2.18. The average Bonchev–Trinajstić information content (AvgIpc) is 2.77. The van der Waals surface area contributed by atoms with Gasteiger partial charge in [0.25, 0.3) is 0 Å². The van der Waals surface area contributed by atoms with Crippen molar-refractivity contribution >= 4 is 34.7 Å². The normalized spacial score (nSPS) is 13.4. The Bertz CT molecular complexity index is 601. The maximum absolute atomic E-state index is 5.95. The van der Waals surface area contributed by atoms with Crippen LogP contribution in [-0.2, 0) is 13.1 Å². The predicted molar refractivity (Wildman–Crippen MR) is 72.3 cm³/mol. The predicted octanol–water partition coefficient (Wildman–Crippen LogP) is 3.13. The Morgan fingerprint density at radius 2 is 2.06 bits per heavy atom. The molecule has 2 aromatic rings. The van der Waals surface area contributed by atoms with Crippen LogP contribution >= 0.6 is 23.2 Å². The summed E-state index contributed by atoms with van der Waals surface area (Å²) in [6.45, 7) is 1.47. The van der Waals surface area contributed by atoms with Crippen molar-refractivity contribution in [3.05, 3.63) is 45.8 Å². The van der Waals surface area contributed by atoms with Crippen molar-refractivity contribution in [3.8, 4) is 0 Å². The summed E-state index contributed by atoms with van der Waals surface area (Å²) in [6.07, 6.45) is 0. The summed E-state index contributed by atoms with van der Waals surface area (Å²) in [4.78, 5) is 8.43. The fourth-order valence-electron chi connectivity index (χ4n) is 1.94. The van der Waals surface area contributed by atoms with Gasteiger partial charge in [-0.1, -0.05) is 17.7 Å². The van der Waals surface area contributed by atoms with Gasteiger partial charge in [0.1, 0.15) is 5.82 Å². The molecule has 3 rings (SSSR count). The highest BCUT2D eigenvalue weighted by Crippen LogP contribution is 2.26. The highest BCUT2D eigenvalue weighted by molar-refractivity contribution is 6.30. The molecule has 1 aliphatic rings. The summed E-state index contributed by atoms with van der Waals surface area (Å²) in [6, 6.07) is 7.47. The van der Waals surface area contributed by atoms with Crippen molar-refractivity contribution in [2.24, 2.45) is 0 Å². The molecule has 2 heterocycles. The molecule has 92 valence electrons. The van der Waals surface area contributed by atoms with Crippen LogP contribution < -0.4 is 10.6 Å². The Labute approximate surface area is 114 Å². The van der Waals surface area contributed by atoms with E-state index in [-0.39, 0.29) is 5.28 Å². The first-order chi connectivity index (χ1) is 8.72. The minimum absolute atomic E-state index is 0.252. The van der Waals surface area contributed by atoms with Gasteiger partial charge in [0.15, 0.2) is 0 Å². The van der Waals surface area contributed by atoms with Crippen molar-refractivity contribution in [1.29, 1.82) is 0 Å². The van der Waals surface area contributed by atoms with E-state index in [9.17, 15) is 0 Å². The van der Waals surface area contributed by atoms with E-state index in [0.717, 1.165) is 35.9 Å². The van der Waals surface area contributed by atoms with Crippen LogP contribution in [0, 0.1) is 0 Å². The Morgan fingerprint density at radius 3 is 2.89 bits per heavy atom. The van der Waals surface area contributed by atoms with Crippen molar-refractivity contribution in [2.75, 3.05) is 5.32 Å². The van der Waals surface area contributed by atoms with Gasteiger partial charge in [-0.15, -0.1) is 0 Å². The van der Waals surface area contributed by atoms with E-state index in [2.05, 4.69) is 20.6 Å². The first kappa shape index (κ1) is 11.7. The molecule has 1 aromatic heterocycles. The topological polar surface area (TPSA) is 49.8 Å². The van der Waals surface area contributed by atoms with E-state index < -0.39 is 0 Å². The third-order valence-electron chi connectivity index (χ3n) is 2.75. The Kier molecular flexibility index (Phi) is 3.07. The lowest BCUT2D eigenvalue weighted by Gasteiger charge is -2.10. The molecule has 0 aliphatic carbocycles. The standard InChI is InChI=1S/C12H10Cl2N4/c13-7-2-1-3-8(4-7)16-11-9-5-15-6-10(9)17-12(14)18-11/h1-4,15H,5-6H2,(H,16,17,18). The highest BCUT2D eigenvalue weighted by atomic mass is 35.5. The molecule has 0 unspecified atom stereocenters. The molecule has 0 fully saturated rings. The summed E-state index contributed by atoms with van der Waals surface area (Å²) in [7, 11) is 0. The van der Waals surface area contributed by atoms with Gasteiger partial charge in [-0.3, -0.25) is 0 Å². The number of benzene rings is 1.